The minimum atomic E-state index is -0.500. The molecule has 2 aromatic carbocycles. The van der Waals surface area contributed by atoms with Gasteiger partial charge in [0.25, 0.3) is 0 Å². The predicted octanol–water partition coefficient (Wildman–Crippen LogP) is 4.96. The first kappa shape index (κ1) is 21.2. The van der Waals surface area contributed by atoms with Crippen molar-refractivity contribution in [3.8, 4) is 11.5 Å². The monoisotopic (exact) mass is 381 g/mol. The molecular weight excluding hydrogens is 354 g/mol. The van der Waals surface area contributed by atoms with E-state index in [9.17, 15) is 9.59 Å². The molecule has 0 heterocycles. The van der Waals surface area contributed by atoms with Crippen LogP contribution in [-0.4, -0.2) is 25.0 Å². The quantitative estimate of drug-likeness (QED) is 0.385. The van der Waals surface area contributed by atoms with E-state index in [-0.39, 0.29) is 0 Å². The molecule has 0 bridgehead atoms. The summed E-state index contributed by atoms with van der Waals surface area (Å²) in [5.41, 5.74) is 2.29. The second kappa shape index (κ2) is 8.74. The van der Waals surface area contributed by atoms with Crippen molar-refractivity contribution in [2.75, 3.05) is 18.0 Å². The average Bonchev–Trinajstić information content (AvgIpc) is 2.64. The summed E-state index contributed by atoms with van der Waals surface area (Å²) in [6.07, 6.45) is 0. The van der Waals surface area contributed by atoms with Crippen LogP contribution in [0.3, 0.4) is 0 Å². The third-order valence-corrected chi connectivity index (χ3v) is 4.38. The second-order valence-electron chi connectivity index (χ2n) is 6.78. The Morgan fingerprint density at radius 2 is 1.50 bits per heavy atom. The fraction of sp³-hybridized carbons (Fsp3) is 0.304. The summed E-state index contributed by atoms with van der Waals surface area (Å²) >= 11 is 0. The van der Waals surface area contributed by atoms with E-state index in [0.29, 0.717) is 52.2 Å². The van der Waals surface area contributed by atoms with Crippen molar-refractivity contribution < 1.29 is 19.1 Å². The van der Waals surface area contributed by atoms with Gasteiger partial charge in [-0.2, -0.15) is 0 Å². The minimum absolute atomic E-state index is 0.308. The standard InChI is InChI=1S/C23H27NO4/c1-8-24(9-2)19-13-20(27-22(25)14(3)4)18-12-16(7)10-11-17(18)21(19)28-23(26)15(5)6/h10-13H,3,5,8-9H2,1-2,4,6-7H3. The van der Waals surface area contributed by atoms with Crippen LogP contribution in [0, 0.1) is 6.92 Å². The van der Waals surface area contributed by atoms with Crippen LogP contribution in [0.25, 0.3) is 10.8 Å². The van der Waals surface area contributed by atoms with Crippen molar-refractivity contribution in [3.63, 3.8) is 0 Å². The normalized spacial score (nSPS) is 10.5. The van der Waals surface area contributed by atoms with Crippen molar-refractivity contribution in [3.05, 3.63) is 54.1 Å². The van der Waals surface area contributed by atoms with Gasteiger partial charge in [-0.05, 0) is 40.7 Å². The number of hydrogen-bond acceptors (Lipinski definition) is 5. The topological polar surface area (TPSA) is 55.8 Å². The zero-order valence-corrected chi connectivity index (χ0v) is 17.2. The van der Waals surface area contributed by atoms with Crippen LogP contribution >= 0.6 is 0 Å². The molecule has 0 fully saturated rings. The van der Waals surface area contributed by atoms with E-state index in [4.69, 9.17) is 9.47 Å². The van der Waals surface area contributed by atoms with Crippen LogP contribution in [0.15, 0.2) is 48.6 Å². The number of aryl methyl sites for hydroxylation is 1. The summed E-state index contributed by atoms with van der Waals surface area (Å²) in [4.78, 5) is 26.5. The molecule has 0 amide bonds. The highest BCUT2D eigenvalue weighted by molar-refractivity contribution is 6.03. The highest BCUT2D eigenvalue weighted by Gasteiger charge is 2.22. The van der Waals surface area contributed by atoms with Crippen LogP contribution in [0.4, 0.5) is 5.69 Å². The molecule has 0 aromatic heterocycles. The number of fused-ring (bicyclic) bond motifs is 1. The number of nitrogens with zero attached hydrogens (tertiary/aromatic N) is 1. The van der Waals surface area contributed by atoms with Gasteiger partial charge >= 0.3 is 11.9 Å². The number of esters is 2. The first-order valence-corrected chi connectivity index (χ1v) is 9.27. The number of ether oxygens (including phenoxy) is 2. The molecule has 0 radical (unpaired) electrons. The Hall–Kier alpha value is -3.08. The van der Waals surface area contributed by atoms with Crippen LogP contribution in [-0.2, 0) is 9.59 Å². The van der Waals surface area contributed by atoms with E-state index in [1.54, 1.807) is 19.9 Å². The van der Waals surface area contributed by atoms with E-state index in [1.807, 2.05) is 43.9 Å². The van der Waals surface area contributed by atoms with E-state index < -0.39 is 11.9 Å². The van der Waals surface area contributed by atoms with Gasteiger partial charge in [0.2, 0.25) is 0 Å². The summed E-state index contributed by atoms with van der Waals surface area (Å²) in [6.45, 7) is 17.9. The summed E-state index contributed by atoms with van der Waals surface area (Å²) in [5, 5.41) is 1.38. The first-order chi connectivity index (χ1) is 13.2. The summed E-state index contributed by atoms with van der Waals surface area (Å²) in [7, 11) is 0. The van der Waals surface area contributed by atoms with Crippen LogP contribution < -0.4 is 14.4 Å². The van der Waals surface area contributed by atoms with Gasteiger partial charge in [-0.1, -0.05) is 30.9 Å². The van der Waals surface area contributed by atoms with Gasteiger partial charge < -0.3 is 14.4 Å². The van der Waals surface area contributed by atoms with Crippen LogP contribution in [0.5, 0.6) is 11.5 Å². The molecule has 2 rings (SSSR count). The molecule has 0 aliphatic heterocycles. The fourth-order valence-corrected chi connectivity index (χ4v) is 2.82. The van der Waals surface area contributed by atoms with Crippen molar-refractivity contribution >= 4 is 28.4 Å². The van der Waals surface area contributed by atoms with Gasteiger partial charge in [-0.25, -0.2) is 9.59 Å². The van der Waals surface area contributed by atoms with Gasteiger partial charge in [0, 0.05) is 41.1 Å². The number of carbonyl (C=O) groups excluding carboxylic acids is 2. The largest absolute Gasteiger partial charge is 0.422 e. The van der Waals surface area contributed by atoms with E-state index in [2.05, 4.69) is 13.2 Å². The lowest BCUT2D eigenvalue weighted by Crippen LogP contribution is -2.24. The van der Waals surface area contributed by atoms with Gasteiger partial charge in [0.15, 0.2) is 5.75 Å². The molecule has 0 saturated carbocycles. The van der Waals surface area contributed by atoms with Gasteiger partial charge in [-0.3, -0.25) is 0 Å². The maximum Gasteiger partial charge on any atom is 0.338 e. The molecule has 0 N–H and O–H groups in total. The summed E-state index contributed by atoms with van der Waals surface area (Å²) in [6, 6.07) is 7.45. The van der Waals surface area contributed by atoms with E-state index >= 15 is 0 Å². The van der Waals surface area contributed by atoms with Crippen molar-refractivity contribution in [1.82, 2.24) is 0 Å². The average molecular weight is 381 g/mol. The van der Waals surface area contributed by atoms with Crippen molar-refractivity contribution in [1.29, 1.82) is 0 Å². The maximum atomic E-state index is 12.3. The molecule has 0 saturated heterocycles. The van der Waals surface area contributed by atoms with Gasteiger partial charge in [0.1, 0.15) is 5.75 Å². The Labute approximate surface area is 166 Å². The molecule has 28 heavy (non-hydrogen) atoms. The molecule has 0 aliphatic carbocycles. The molecule has 148 valence electrons. The lowest BCUT2D eigenvalue weighted by atomic mass is 10.0. The number of carbonyl (C=O) groups is 2. The molecule has 5 heteroatoms. The third kappa shape index (κ3) is 4.42. The number of hydrogen-bond donors (Lipinski definition) is 0. The molecule has 0 unspecified atom stereocenters. The van der Waals surface area contributed by atoms with E-state index in [1.165, 1.54) is 0 Å². The zero-order valence-electron chi connectivity index (χ0n) is 17.2. The predicted molar refractivity (Wildman–Crippen MR) is 113 cm³/mol. The highest BCUT2D eigenvalue weighted by atomic mass is 16.5. The lowest BCUT2D eigenvalue weighted by molar-refractivity contribution is -0.131. The zero-order chi connectivity index (χ0) is 21.0. The SMILES string of the molecule is C=C(C)C(=O)Oc1cc(N(CC)CC)c(OC(=O)C(=C)C)c2ccc(C)cc12. The molecule has 5 nitrogen and oxygen atoms in total. The molecule has 0 atom stereocenters. The lowest BCUT2D eigenvalue weighted by Gasteiger charge is -2.26. The van der Waals surface area contributed by atoms with Crippen LogP contribution in [0.2, 0.25) is 0 Å². The summed E-state index contributed by atoms with van der Waals surface area (Å²) < 4.78 is 11.3. The molecule has 0 spiro atoms. The minimum Gasteiger partial charge on any atom is -0.422 e. The van der Waals surface area contributed by atoms with Gasteiger partial charge in [0.05, 0.1) is 5.69 Å². The van der Waals surface area contributed by atoms with Crippen molar-refractivity contribution in [2.45, 2.75) is 34.6 Å². The highest BCUT2D eigenvalue weighted by Crippen LogP contribution is 2.43. The first-order valence-electron chi connectivity index (χ1n) is 9.27. The number of rotatable bonds is 7. The van der Waals surface area contributed by atoms with Crippen molar-refractivity contribution in [2.24, 2.45) is 0 Å². The Bertz CT molecular complexity index is 955. The van der Waals surface area contributed by atoms with Gasteiger partial charge in [-0.15, -0.1) is 0 Å². The molecule has 2 aromatic rings. The second-order valence-corrected chi connectivity index (χ2v) is 6.78. The van der Waals surface area contributed by atoms with E-state index in [0.717, 1.165) is 5.56 Å². The molecule has 0 aliphatic rings. The molecular formula is C23H27NO4. The fourth-order valence-electron chi connectivity index (χ4n) is 2.82. The third-order valence-electron chi connectivity index (χ3n) is 4.38. The Morgan fingerprint density at radius 1 is 0.929 bits per heavy atom. The summed E-state index contributed by atoms with van der Waals surface area (Å²) in [5.74, 6) is -0.160. The Kier molecular flexibility index (Phi) is 6.62. The maximum absolute atomic E-state index is 12.3. The Balaban J connectivity index is 2.81. The Morgan fingerprint density at radius 3 is 2.04 bits per heavy atom. The smallest absolute Gasteiger partial charge is 0.338 e. The number of anilines is 1. The van der Waals surface area contributed by atoms with Crippen LogP contribution in [0.1, 0.15) is 33.3 Å². The number of benzene rings is 2.